The van der Waals surface area contributed by atoms with Gasteiger partial charge in [0.15, 0.2) is 17.8 Å². The Morgan fingerprint density at radius 3 is 2.30 bits per heavy atom. The van der Waals surface area contributed by atoms with E-state index in [1.54, 1.807) is 0 Å². The second kappa shape index (κ2) is 4.53. The van der Waals surface area contributed by atoms with Gasteiger partial charge < -0.3 is 0 Å². The van der Waals surface area contributed by atoms with Gasteiger partial charge in [0, 0.05) is 0 Å². The van der Waals surface area contributed by atoms with Gasteiger partial charge in [-0.2, -0.15) is 0 Å². The molecular weight excluding hydrogens is 346 g/mol. The Hall–Kier alpha value is -1.50. The molecule has 8 heteroatoms. The number of ketones is 1. The highest BCUT2D eigenvalue weighted by molar-refractivity contribution is 6.37. The Bertz CT molecular complexity index is 747. The van der Waals surface area contributed by atoms with E-state index < -0.39 is 46.0 Å². The molecule has 1 nitrogen and oxygen atoms in total. The van der Waals surface area contributed by atoms with Crippen molar-refractivity contribution in [1.82, 2.24) is 0 Å². The molecule has 4 rings (SSSR count). The first-order valence-electron chi connectivity index (χ1n) is 6.58. The van der Waals surface area contributed by atoms with Crippen LogP contribution in [-0.4, -0.2) is 28.4 Å². The normalized spacial score (nSPS) is 43.2. The average Bonchev–Trinajstić information content (AvgIpc) is 2.49. The summed E-state index contributed by atoms with van der Waals surface area (Å²) in [6, 6.07) is 5.15. The van der Waals surface area contributed by atoms with Crippen molar-refractivity contribution in [2.45, 2.75) is 35.5 Å². The summed E-state index contributed by atoms with van der Waals surface area (Å²) in [6.07, 6.45) is -3.23. The van der Waals surface area contributed by atoms with Gasteiger partial charge in [-0.05, 0) is 12.5 Å². The lowest BCUT2D eigenvalue weighted by atomic mass is 9.59. The van der Waals surface area contributed by atoms with Crippen molar-refractivity contribution in [2.75, 3.05) is 0 Å². The lowest BCUT2D eigenvalue weighted by Gasteiger charge is -2.52. The minimum atomic E-state index is -4.43. The van der Waals surface area contributed by atoms with Crippen molar-refractivity contribution < 1.29 is 31.1 Å². The van der Waals surface area contributed by atoms with Crippen molar-refractivity contribution in [1.29, 1.82) is 0 Å². The Morgan fingerprint density at radius 1 is 1.13 bits per heavy atom. The molecule has 0 N–H and O–H groups in total. The maximum atomic E-state index is 15.0. The van der Waals surface area contributed by atoms with Crippen LogP contribution >= 0.6 is 11.6 Å². The fourth-order valence-electron chi connectivity index (χ4n) is 3.22. The zero-order valence-corrected chi connectivity index (χ0v) is 12.3. The first-order valence-corrected chi connectivity index (χ1v) is 6.95. The van der Waals surface area contributed by atoms with E-state index in [2.05, 4.69) is 0 Å². The molecule has 1 aromatic rings. The van der Waals surface area contributed by atoms with E-state index in [1.165, 1.54) is 25.1 Å². The minimum absolute atomic E-state index is 0.301. The van der Waals surface area contributed by atoms with E-state index in [1.807, 2.05) is 0 Å². The summed E-state index contributed by atoms with van der Waals surface area (Å²) in [5.74, 6) is -9.90. The third kappa shape index (κ3) is 1.64. The second-order valence-electron chi connectivity index (χ2n) is 5.75. The number of hydrogen-bond acceptors (Lipinski definition) is 1. The summed E-state index contributed by atoms with van der Waals surface area (Å²) in [7, 11) is 0. The summed E-state index contributed by atoms with van der Waals surface area (Å²) in [5.41, 5.74) is -8.31. The summed E-state index contributed by atoms with van der Waals surface area (Å²) >= 11 is 4.98. The van der Waals surface area contributed by atoms with Crippen LogP contribution in [0.5, 0.6) is 0 Å². The van der Waals surface area contributed by atoms with Gasteiger partial charge in [-0.25, -0.2) is 26.3 Å². The minimum Gasteiger partial charge on any atom is -0.290 e. The highest BCUT2D eigenvalue weighted by Crippen LogP contribution is 2.65. The van der Waals surface area contributed by atoms with Crippen LogP contribution in [0.25, 0.3) is 0 Å². The third-order valence-electron chi connectivity index (χ3n) is 4.41. The molecule has 0 aliphatic heterocycles. The molecule has 23 heavy (non-hydrogen) atoms. The maximum Gasteiger partial charge on any atom is 0.288 e. The number of benzene rings is 1. The van der Waals surface area contributed by atoms with Crippen LogP contribution < -0.4 is 0 Å². The van der Waals surface area contributed by atoms with E-state index in [-0.39, 0.29) is 5.56 Å². The maximum absolute atomic E-state index is 15.0. The lowest BCUT2D eigenvalue weighted by molar-refractivity contribution is -0.174. The summed E-state index contributed by atoms with van der Waals surface area (Å²) in [4.78, 5) is 11.9. The number of aryl methyl sites for hydroxylation is 1. The van der Waals surface area contributed by atoms with Gasteiger partial charge in [0.05, 0.1) is 5.92 Å². The highest BCUT2D eigenvalue weighted by Gasteiger charge is 2.84. The number of carbonyl (C=O) groups excluding carboxylic acids is 1. The van der Waals surface area contributed by atoms with E-state index in [0.29, 0.717) is 5.56 Å². The molecule has 0 heterocycles. The third-order valence-corrected chi connectivity index (χ3v) is 4.85. The van der Waals surface area contributed by atoms with Gasteiger partial charge in [0.2, 0.25) is 11.5 Å². The molecule has 1 fully saturated rings. The van der Waals surface area contributed by atoms with Crippen LogP contribution in [0.4, 0.5) is 26.3 Å². The van der Waals surface area contributed by atoms with Gasteiger partial charge in [-0.3, -0.25) is 4.79 Å². The molecule has 3 aliphatic carbocycles. The highest BCUT2D eigenvalue weighted by atomic mass is 35.5. The molecule has 2 bridgehead atoms. The molecule has 3 aliphatic rings. The van der Waals surface area contributed by atoms with E-state index in [4.69, 9.17) is 11.6 Å². The van der Waals surface area contributed by atoms with Crippen molar-refractivity contribution >= 4 is 17.4 Å². The molecule has 5 atom stereocenters. The first-order chi connectivity index (χ1) is 10.5. The van der Waals surface area contributed by atoms with Crippen LogP contribution in [0, 0.1) is 6.92 Å². The molecule has 1 saturated carbocycles. The van der Waals surface area contributed by atoms with Crippen molar-refractivity contribution in [2.24, 2.45) is 0 Å². The molecule has 0 saturated heterocycles. The predicted molar refractivity (Wildman–Crippen MR) is 70.4 cm³/mol. The second-order valence-corrected chi connectivity index (χ2v) is 6.27. The Morgan fingerprint density at radius 2 is 1.74 bits per heavy atom. The number of rotatable bonds is 1. The van der Waals surface area contributed by atoms with Gasteiger partial charge in [-0.1, -0.05) is 41.4 Å². The fraction of sp³-hybridized carbons (Fsp3) is 0.400. The molecule has 0 unspecified atom stereocenters. The van der Waals surface area contributed by atoms with Gasteiger partial charge in [-0.15, -0.1) is 0 Å². The van der Waals surface area contributed by atoms with Gasteiger partial charge >= 0.3 is 0 Å². The molecule has 1 aromatic carbocycles. The monoisotopic (exact) mass is 354 g/mol. The fourth-order valence-corrected chi connectivity index (χ4v) is 3.54. The van der Waals surface area contributed by atoms with Crippen molar-refractivity contribution in [3.8, 4) is 0 Å². The predicted octanol–water partition coefficient (Wildman–Crippen LogP) is 4.48. The van der Waals surface area contributed by atoms with Crippen LogP contribution in [-0.2, 0) is 4.79 Å². The first kappa shape index (κ1) is 16.4. The van der Waals surface area contributed by atoms with Gasteiger partial charge in [0.1, 0.15) is 0 Å². The zero-order valence-electron chi connectivity index (χ0n) is 11.5. The Balaban J connectivity index is 2.34. The smallest absolute Gasteiger partial charge is 0.288 e. The van der Waals surface area contributed by atoms with Crippen molar-refractivity contribution in [3.05, 3.63) is 47.0 Å². The average molecular weight is 355 g/mol. The van der Waals surface area contributed by atoms with Crippen molar-refractivity contribution in [3.63, 3.8) is 0 Å². The van der Waals surface area contributed by atoms with E-state index in [0.717, 1.165) is 6.07 Å². The number of halogens is 7. The number of Topliss-reactive ketones (excluding diaryl/α,β-unsaturated/α-hetero) is 1. The molecule has 0 aromatic heterocycles. The Kier molecular flexibility index (Phi) is 3.22. The SMILES string of the molecule is Cc1cccc([C@H]2[C@H](F)[C@@]3(F)C(F)=C(F)[C@]2(F)C(=O)[C@]3(F)Cl)c1. The number of alkyl halides is 5. The summed E-state index contributed by atoms with van der Waals surface area (Å²) in [6.45, 7) is 1.53. The number of fused-ring (bicyclic) bond motifs is 2. The van der Waals surface area contributed by atoms with Crippen LogP contribution in [0.2, 0.25) is 0 Å². The topological polar surface area (TPSA) is 17.1 Å². The van der Waals surface area contributed by atoms with Crippen LogP contribution in [0.15, 0.2) is 35.9 Å². The Labute approximate surface area is 131 Å². The van der Waals surface area contributed by atoms with Gasteiger partial charge in [0.25, 0.3) is 10.8 Å². The summed E-state index contributed by atoms with van der Waals surface area (Å²) < 4.78 is 86.1. The van der Waals surface area contributed by atoms with Crippen LogP contribution in [0.1, 0.15) is 17.0 Å². The van der Waals surface area contributed by atoms with E-state index >= 15 is 4.39 Å². The largest absolute Gasteiger partial charge is 0.290 e. The summed E-state index contributed by atoms with van der Waals surface area (Å²) in [5, 5.41) is -4.37. The van der Waals surface area contributed by atoms with E-state index in [9.17, 15) is 26.7 Å². The quantitative estimate of drug-likeness (QED) is 0.536. The molecule has 0 spiro atoms. The number of carbonyl (C=O) groups is 1. The lowest BCUT2D eigenvalue weighted by Crippen LogP contribution is -2.74. The standard InChI is InChI=1S/C15H9ClF6O/c1-6-3-2-4-7(5-6)8-9(17)14(21)11(19)10(18)13(8,20)12(23)15(14,16)22/h2-5,8-9H,1H3/t8-,9-,13-,14+,15+/m0/s1. The molecule has 124 valence electrons. The number of allylic oxidation sites excluding steroid dienone is 2. The number of hydrogen-bond donors (Lipinski definition) is 0. The molecule has 0 radical (unpaired) electrons. The zero-order chi connectivity index (χ0) is 17.4. The van der Waals surface area contributed by atoms with Crippen LogP contribution in [0.3, 0.4) is 0 Å². The molecular formula is C15H9ClF6O. The molecule has 0 amide bonds.